The number of halogens is 1. The van der Waals surface area contributed by atoms with Gasteiger partial charge >= 0.3 is 0 Å². The summed E-state index contributed by atoms with van der Waals surface area (Å²) in [7, 11) is 1.96. The maximum Gasteiger partial charge on any atom is 0.0850 e. The Morgan fingerprint density at radius 2 is 2.16 bits per heavy atom. The molecule has 1 aromatic heterocycles. The first-order valence-corrected chi connectivity index (χ1v) is 8.62. The molecule has 0 radical (unpaired) electrons. The van der Waals surface area contributed by atoms with Crippen molar-refractivity contribution < 1.29 is 0 Å². The van der Waals surface area contributed by atoms with E-state index in [9.17, 15) is 0 Å². The van der Waals surface area contributed by atoms with E-state index < -0.39 is 0 Å². The highest BCUT2D eigenvalue weighted by molar-refractivity contribution is 7.99. The van der Waals surface area contributed by atoms with Gasteiger partial charge in [0, 0.05) is 30.5 Å². The summed E-state index contributed by atoms with van der Waals surface area (Å²) in [4.78, 5) is 0. The van der Waals surface area contributed by atoms with E-state index in [-0.39, 0.29) is 6.04 Å². The Labute approximate surface area is 125 Å². The molecule has 1 aliphatic carbocycles. The van der Waals surface area contributed by atoms with Gasteiger partial charge in [0.1, 0.15) is 0 Å². The van der Waals surface area contributed by atoms with E-state index in [2.05, 4.69) is 12.0 Å². The zero-order chi connectivity index (χ0) is 13.8. The van der Waals surface area contributed by atoms with Gasteiger partial charge in [0.25, 0.3) is 0 Å². The topological polar surface area (TPSA) is 43.8 Å². The SMILES string of the molecule is CCc1nn(C)c(CC(N)CSC2CCCC2)c1Cl. The van der Waals surface area contributed by atoms with Crippen LogP contribution in [0, 0.1) is 0 Å². The van der Waals surface area contributed by atoms with Crippen LogP contribution in [-0.2, 0) is 19.9 Å². The summed E-state index contributed by atoms with van der Waals surface area (Å²) < 4.78 is 1.89. The summed E-state index contributed by atoms with van der Waals surface area (Å²) in [5.74, 6) is 1.02. The zero-order valence-corrected chi connectivity index (χ0v) is 13.4. The van der Waals surface area contributed by atoms with Gasteiger partial charge in [-0.15, -0.1) is 0 Å². The fourth-order valence-corrected chi connectivity index (χ4v) is 4.34. The van der Waals surface area contributed by atoms with Crippen LogP contribution in [0.1, 0.15) is 44.0 Å². The average Bonchev–Trinajstić information content (AvgIpc) is 2.99. The van der Waals surface area contributed by atoms with Crippen LogP contribution >= 0.6 is 23.4 Å². The quantitative estimate of drug-likeness (QED) is 0.877. The maximum absolute atomic E-state index is 6.36. The zero-order valence-electron chi connectivity index (χ0n) is 11.9. The number of thioether (sulfide) groups is 1. The molecule has 0 saturated heterocycles. The second-order valence-corrected chi connectivity index (χ2v) is 7.10. The first kappa shape index (κ1) is 15.2. The van der Waals surface area contributed by atoms with Crippen LogP contribution in [0.4, 0.5) is 0 Å². The van der Waals surface area contributed by atoms with E-state index in [0.717, 1.165) is 40.3 Å². The van der Waals surface area contributed by atoms with E-state index in [1.807, 2.05) is 23.5 Å². The summed E-state index contributed by atoms with van der Waals surface area (Å²) in [5.41, 5.74) is 8.31. The fraction of sp³-hybridized carbons (Fsp3) is 0.786. The lowest BCUT2D eigenvalue weighted by Crippen LogP contribution is -2.27. The van der Waals surface area contributed by atoms with E-state index in [0.29, 0.717) is 0 Å². The largest absolute Gasteiger partial charge is 0.327 e. The highest BCUT2D eigenvalue weighted by atomic mass is 35.5. The maximum atomic E-state index is 6.36. The Hall–Kier alpha value is -0.190. The lowest BCUT2D eigenvalue weighted by Gasteiger charge is -2.15. The van der Waals surface area contributed by atoms with Crippen molar-refractivity contribution >= 4 is 23.4 Å². The van der Waals surface area contributed by atoms with Crippen LogP contribution in [0.3, 0.4) is 0 Å². The standard InChI is InChI=1S/C14H24ClN3S/c1-3-12-14(15)13(18(2)17-12)8-10(16)9-19-11-6-4-5-7-11/h10-11H,3-9,16H2,1-2H3. The number of hydrogen-bond acceptors (Lipinski definition) is 3. The predicted octanol–water partition coefficient (Wildman–Crippen LogP) is 3.18. The summed E-state index contributed by atoms with van der Waals surface area (Å²) in [6.45, 7) is 2.08. The number of rotatable bonds is 6. The molecule has 3 nitrogen and oxygen atoms in total. The van der Waals surface area contributed by atoms with Crippen molar-refractivity contribution in [3.63, 3.8) is 0 Å². The molecular formula is C14H24ClN3S. The van der Waals surface area contributed by atoms with Crippen molar-refractivity contribution in [2.24, 2.45) is 12.8 Å². The van der Waals surface area contributed by atoms with Crippen LogP contribution in [0.2, 0.25) is 5.02 Å². The Bertz CT molecular complexity index is 413. The van der Waals surface area contributed by atoms with Gasteiger partial charge in [0.05, 0.1) is 16.4 Å². The Kier molecular flexibility index (Phi) is 5.60. The molecule has 19 heavy (non-hydrogen) atoms. The Balaban J connectivity index is 1.87. The van der Waals surface area contributed by atoms with Crippen LogP contribution in [-0.4, -0.2) is 26.8 Å². The van der Waals surface area contributed by atoms with Crippen molar-refractivity contribution in [1.82, 2.24) is 9.78 Å². The van der Waals surface area contributed by atoms with Crippen molar-refractivity contribution in [2.75, 3.05) is 5.75 Å². The molecule has 0 spiro atoms. The average molecular weight is 302 g/mol. The van der Waals surface area contributed by atoms with Crippen molar-refractivity contribution in [3.05, 3.63) is 16.4 Å². The minimum Gasteiger partial charge on any atom is -0.327 e. The second kappa shape index (κ2) is 7.00. The summed E-state index contributed by atoms with van der Waals surface area (Å²) >= 11 is 8.39. The highest BCUT2D eigenvalue weighted by Gasteiger charge is 2.19. The van der Waals surface area contributed by atoms with Gasteiger partial charge in [-0.2, -0.15) is 16.9 Å². The molecule has 0 bridgehead atoms. The molecule has 1 fully saturated rings. The van der Waals surface area contributed by atoms with Gasteiger partial charge in [-0.1, -0.05) is 31.4 Å². The van der Waals surface area contributed by atoms with Gasteiger partial charge in [-0.25, -0.2) is 0 Å². The normalized spacial score (nSPS) is 18.1. The van der Waals surface area contributed by atoms with Gasteiger partial charge < -0.3 is 5.73 Å². The van der Waals surface area contributed by atoms with Crippen LogP contribution < -0.4 is 5.73 Å². The molecule has 0 amide bonds. The lowest BCUT2D eigenvalue weighted by molar-refractivity contribution is 0.650. The summed E-state index contributed by atoms with van der Waals surface area (Å²) in [6, 6.07) is 0.170. The molecule has 108 valence electrons. The lowest BCUT2D eigenvalue weighted by atomic mass is 10.2. The minimum absolute atomic E-state index is 0.170. The Morgan fingerprint density at radius 3 is 2.74 bits per heavy atom. The third kappa shape index (κ3) is 3.89. The van der Waals surface area contributed by atoms with Crippen molar-refractivity contribution in [1.29, 1.82) is 0 Å². The molecule has 5 heteroatoms. The van der Waals surface area contributed by atoms with Gasteiger partial charge in [0.2, 0.25) is 0 Å². The van der Waals surface area contributed by atoms with E-state index in [1.165, 1.54) is 25.7 Å². The smallest absolute Gasteiger partial charge is 0.0850 e. The molecule has 1 atom stereocenters. The number of aryl methyl sites for hydroxylation is 2. The fourth-order valence-electron chi connectivity index (χ4n) is 2.66. The first-order chi connectivity index (χ1) is 9.11. The van der Waals surface area contributed by atoms with E-state index >= 15 is 0 Å². The second-order valence-electron chi connectivity index (χ2n) is 5.39. The summed E-state index contributed by atoms with van der Waals surface area (Å²) in [6.07, 6.45) is 7.20. The molecule has 1 unspecified atom stereocenters. The van der Waals surface area contributed by atoms with Gasteiger partial charge in [-0.3, -0.25) is 4.68 Å². The summed E-state index contributed by atoms with van der Waals surface area (Å²) in [5, 5.41) is 6.09. The molecule has 2 rings (SSSR count). The van der Waals surface area contributed by atoms with Crippen molar-refractivity contribution in [2.45, 2.75) is 56.7 Å². The van der Waals surface area contributed by atoms with Crippen LogP contribution in [0.5, 0.6) is 0 Å². The molecule has 1 heterocycles. The first-order valence-electron chi connectivity index (χ1n) is 7.19. The third-order valence-electron chi connectivity index (χ3n) is 3.81. The monoisotopic (exact) mass is 301 g/mol. The minimum atomic E-state index is 0.170. The number of nitrogens with zero attached hydrogens (tertiary/aromatic N) is 2. The number of aromatic nitrogens is 2. The predicted molar refractivity (Wildman–Crippen MR) is 84.0 cm³/mol. The van der Waals surface area contributed by atoms with Crippen molar-refractivity contribution in [3.8, 4) is 0 Å². The van der Waals surface area contributed by atoms with Gasteiger partial charge in [0.15, 0.2) is 0 Å². The van der Waals surface area contributed by atoms with E-state index in [4.69, 9.17) is 17.3 Å². The molecule has 2 N–H and O–H groups in total. The number of hydrogen-bond donors (Lipinski definition) is 1. The molecule has 1 aromatic rings. The van der Waals surface area contributed by atoms with Crippen LogP contribution in [0.15, 0.2) is 0 Å². The molecule has 0 aromatic carbocycles. The number of nitrogens with two attached hydrogens (primary N) is 1. The van der Waals surface area contributed by atoms with Crippen LogP contribution in [0.25, 0.3) is 0 Å². The van der Waals surface area contributed by atoms with E-state index in [1.54, 1.807) is 0 Å². The molecular weight excluding hydrogens is 278 g/mol. The highest BCUT2D eigenvalue weighted by Crippen LogP contribution is 2.30. The molecule has 1 aliphatic rings. The molecule has 1 saturated carbocycles. The molecule has 0 aliphatic heterocycles. The Morgan fingerprint density at radius 1 is 1.47 bits per heavy atom. The third-order valence-corrected chi connectivity index (χ3v) is 5.81. The van der Waals surface area contributed by atoms with Gasteiger partial charge in [-0.05, 0) is 19.3 Å².